The van der Waals surface area contributed by atoms with Crippen LogP contribution in [0.5, 0.6) is 17.2 Å². The van der Waals surface area contributed by atoms with Gasteiger partial charge in [-0.2, -0.15) is 0 Å². The Kier molecular flexibility index (Phi) is 7.48. The first kappa shape index (κ1) is 24.2. The quantitative estimate of drug-likeness (QED) is 0.624. The molecular formula is C25H30ClN3O5. The third-order valence-corrected chi connectivity index (χ3v) is 6.76. The Morgan fingerprint density at radius 3 is 2.41 bits per heavy atom. The van der Waals surface area contributed by atoms with Crippen LogP contribution >= 0.6 is 11.6 Å². The number of nitrogens with one attached hydrogen (secondary N) is 2. The maximum absolute atomic E-state index is 13.8. The zero-order chi connectivity index (χ0) is 24.1. The monoisotopic (exact) mass is 487 g/mol. The molecule has 0 unspecified atom stereocenters. The third kappa shape index (κ3) is 5.08. The normalized spacial score (nSPS) is 16.9. The van der Waals surface area contributed by atoms with E-state index in [0.717, 1.165) is 11.1 Å². The highest BCUT2D eigenvalue weighted by Crippen LogP contribution is 2.34. The molecule has 0 bridgehead atoms. The molecular weight excluding hydrogens is 458 g/mol. The number of carbonyl (C=O) groups is 2. The summed E-state index contributed by atoms with van der Waals surface area (Å²) in [6.45, 7) is 2.10. The highest BCUT2D eigenvalue weighted by molar-refractivity contribution is 6.32. The standard InChI is InChI=1S/C25H30ClN3O5/c1-32-21-13-17-7-12-29(15-18(17)14-22(21)33-2)24(31)25(8-10-27-11-9-25)28-23(30)16-34-20-6-4-3-5-19(20)26/h3-6,13-14,27H,7-12,15-16H2,1-2H3,(H,28,30). The van der Waals surface area contributed by atoms with Gasteiger partial charge in [-0.25, -0.2) is 0 Å². The van der Waals surface area contributed by atoms with E-state index in [2.05, 4.69) is 10.6 Å². The summed E-state index contributed by atoms with van der Waals surface area (Å²) in [6.07, 6.45) is 1.73. The maximum atomic E-state index is 13.8. The van der Waals surface area contributed by atoms with Crippen LogP contribution in [-0.2, 0) is 22.6 Å². The molecule has 2 N–H and O–H groups in total. The molecule has 8 nitrogen and oxygen atoms in total. The van der Waals surface area contributed by atoms with Gasteiger partial charge in [-0.3, -0.25) is 9.59 Å². The van der Waals surface area contributed by atoms with Crippen LogP contribution in [0.1, 0.15) is 24.0 Å². The van der Waals surface area contributed by atoms with Crippen molar-refractivity contribution in [3.8, 4) is 17.2 Å². The number of nitrogens with zero attached hydrogens (tertiary/aromatic N) is 1. The van der Waals surface area contributed by atoms with E-state index >= 15 is 0 Å². The largest absolute Gasteiger partial charge is 0.493 e. The number of carbonyl (C=O) groups excluding carboxylic acids is 2. The van der Waals surface area contributed by atoms with Gasteiger partial charge in [0.2, 0.25) is 5.91 Å². The SMILES string of the molecule is COc1cc2c(cc1OC)CN(C(=O)C1(NC(=O)COc3ccccc3Cl)CCNCC1)CC2. The number of amides is 2. The Bertz CT molecular complexity index is 1050. The number of halogens is 1. The van der Waals surface area contributed by atoms with E-state index in [-0.39, 0.29) is 18.4 Å². The molecule has 9 heteroatoms. The Balaban J connectivity index is 1.48. The third-order valence-electron chi connectivity index (χ3n) is 6.45. The average molecular weight is 488 g/mol. The molecule has 2 aliphatic rings. The summed E-state index contributed by atoms with van der Waals surface area (Å²) >= 11 is 6.12. The van der Waals surface area contributed by atoms with Crippen molar-refractivity contribution in [1.29, 1.82) is 0 Å². The Morgan fingerprint density at radius 2 is 1.74 bits per heavy atom. The first-order chi connectivity index (χ1) is 16.5. The van der Waals surface area contributed by atoms with Crippen LogP contribution < -0.4 is 24.8 Å². The summed E-state index contributed by atoms with van der Waals surface area (Å²) in [7, 11) is 3.21. The molecule has 2 heterocycles. The molecule has 0 saturated carbocycles. The first-order valence-electron chi connectivity index (χ1n) is 11.4. The van der Waals surface area contributed by atoms with E-state index < -0.39 is 5.54 Å². The maximum Gasteiger partial charge on any atom is 0.258 e. The summed E-state index contributed by atoms with van der Waals surface area (Å²) in [5.41, 5.74) is 1.19. The van der Waals surface area contributed by atoms with Crippen molar-refractivity contribution in [2.45, 2.75) is 31.3 Å². The predicted octanol–water partition coefficient (Wildman–Crippen LogP) is 2.56. The van der Waals surface area contributed by atoms with Crippen molar-refractivity contribution in [3.05, 3.63) is 52.5 Å². The lowest BCUT2D eigenvalue weighted by Gasteiger charge is -2.42. The van der Waals surface area contributed by atoms with E-state index in [0.29, 0.717) is 67.7 Å². The van der Waals surface area contributed by atoms with Gasteiger partial charge in [0.05, 0.1) is 19.2 Å². The predicted molar refractivity (Wildman–Crippen MR) is 129 cm³/mol. The highest BCUT2D eigenvalue weighted by atomic mass is 35.5. The van der Waals surface area contributed by atoms with E-state index in [1.165, 1.54) is 0 Å². The number of benzene rings is 2. The van der Waals surface area contributed by atoms with Crippen LogP contribution in [0.4, 0.5) is 0 Å². The molecule has 1 fully saturated rings. The zero-order valence-electron chi connectivity index (χ0n) is 19.5. The van der Waals surface area contributed by atoms with E-state index in [9.17, 15) is 9.59 Å². The summed E-state index contributed by atoms with van der Waals surface area (Å²) < 4.78 is 16.4. The summed E-state index contributed by atoms with van der Waals surface area (Å²) in [6, 6.07) is 10.9. The van der Waals surface area contributed by atoms with Crippen LogP contribution in [0.25, 0.3) is 0 Å². The van der Waals surface area contributed by atoms with Gasteiger partial charge in [-0.1, -0.05) is 23.7 Å². The average Bonchev–Trinajstić information content (AvgIpc) is 2.87. The zero-order valence-corrected chi connectivity index (χ0v) is 20.2. The van der Waals surface area contributed by atoms with Crippen LogP contribution in [0, 0.1) is 0 Å². The van der Waals surface area contributed by atoms with Crippen molar-refractivity contribution >= 4 is 23.4 Å². The molecule has 0 spiro atoms. The topological polar surface area (TPSA) is 89.1 Å². The molecule has 2 aromatic carbocycles. The molecule has 182 valence electrons. The molecule has 2 amide bonds. The molecule has 2 aliphatic heterocycles. The number of piperidine rings is 1. The Labute approximate surface area is 204 Å². The van der Waals surface area contributed by atoms with Gasteiger partial charge >= 0.3 is 0 Å². The number of methoxy groups -OCH3 is 2. The second-order valence-corrected chi connectivity index (χ2v) is 8.96. The number of ether oxygens (including phenoxy) is 3. The minimum Gasteiger partial charge on any atom is -0.493 e. The first-order valence-corrected chi connectivity index (χ1v) is 11.8. The smallest absolute Gasteiger partial charge is 0.258 e. The molecule has 0 atom stereocenters. The summed E-state index contributed by atoms with van der Waals surface area (Å²) in [5.74, 6) is 1.33. The minimum absolute atomic E-state index is 0.0690. The van der Waals surface area contributed by atoms with Crippen molar-refractivity contribution in [2.75, 3.05) is 40.5 Å². The van der Waals surface area contributed by atoms with E-state index in [4.69, 9.17) is 25.8 Å². The Morgan fingerprint density at radius 1 is 1.06 bits per heavy atom. The highest BCUT2D eigenvalue weighted by Gasteiger charge is 2.44. The van der Waals surface area contributed by atoms with Crippen molar-refractivity contribution in [3.63, 3.8) is 0 Å². The van der Waals surface area contributed by atoms with Crippen LogP contribution in [0.2, 0.25) is 5.02 Å². The molecule has 0 radical (unpaired) electrons. The van der Waals surface area contributed by atoms with Gasteiger partial charge < -0.3 is 29.7 Å². The number of hydrogen-bond donors (Lipinski definition) is 2. The number of hydrogen-bond acceptors (Lipinski definition) is 6. The summed E-state index contributed by atoms with van der Waals surface area (Å²) in [4.78, 5) is 28.5. The molecule has 2 aromatic rings. The van der Waals surface area contributed by atoms with Crippen LogP contribution in [0.15, 0.2) is 36.4 Å². The lowest BCUT2D eigenvalue weighted by molar-refractivity contribution is -0.144. The van der Waals surface area contributed by atoms with Gasteiger partial charge in [-0.05, 0) is 67.7 Å². The fourth-order valence-corrected chi connectivity index (χ4v) is 4.80. The molecule has 1 saturated heterocycles. The lowest BCUT2D eigenvalue weighted by Crippen LogP contribution is -2.64. The molecule has 34 heavy (non-hydrogen) atoms. The summed E-state index contributed by atoms with van der Waals surface area (Å²) in [5, 5.41) is 6.71. The van der Waals surface area contributed by atoms with Gasteiger partial charge in [-0.15, -0.1) is 0 Å². The fraction of sp³-hybridized carbons (Fsp3) is 0.440. The number of rotatable bonds is 7. The number of fused-ring (bicyclic) bond motifs is 1. The second kappa shape index (κ2) is 10.5. The van der Waals surface area contributed by atoms with Gasteiger partial charge in [0.25, 0.3) is 5.91 Å². The van der Waals surface area contributed by atoms with Crippen LogP contribution in [-0.4, -0.2) is 62.7 Å². The molecule has 4 rings (SSSR count). The van der Waals surface area contributed by atoms with Crippen molar-refractivity contribution in [2.24, 2.45) is 0 Å². The van der Waals surface area contributed by atoms with E-state index in [1.54, 1.807) is 38.5 Å². The van der Waals surface area contributed by atoms with Gasteiger partial charge in [0.1, 0.15) is 11.3 Å². The van der Waals surface area contributed by atoms with Gasteiger partial charge in [0, 0.05) is 13.1 Å². The molecule has 0 aromatic heterocycles. The van der Waals surface area contributed by atoms with E-state index in [1.807, 2.05) is 17.0 Å². The minimum atomic E-state index is -0.972. The second-order valence-electron chi connectivity index (χ2n) is 8.55. The van der Waals surface area contributed by atoms with Gasteiger partial charge in [0.15, 0.2) is 18.1 Å². The lowest BCUT2D eigenvalue weighted by atomic mass is 9.85. The molecule has 0 aliphatic carbocycles. The van der Waals surface area contributed by atoms with Crippen LogP contribution in [0.3, 0.4) is 0 Å². The Hall–Kier alpha value is -2.97. The number of para-hydroxylation sites is 1. The van der Waals surface area contributed by atoms with Crippen molar-refractivity contribution in [1.82, 2.24) is 15.5 Å². The fourth-order valence-electron chi connectivity index (χ4n) is 4.61. The van der Waals surface area contributed by atoms with Crippen molar-refractivity contribution < 1.29 is 23.8 Å².